The number of hydrogen-bond donors (Lipinski definition) is 2. The van der Waals surface area contributed by atoms with E-state index in [0.717, 1.165) is 27.5 Å². The van der Waals surface area contributed by atoms with Crippen molar-refractivity contribution in [2.45, 2.75) is 38.6 Å². The van der Waals surface area contributed by atoms with Crippen LogP contribution in [-0.4, -0.2) is 11.0 Å². The molecule has 0 spiro atoms. The Labute approximate surface area is 111 Å². The van der Waals surface area contributed by atoms with Crippen molar-refractivity contribution in [2.24, 2.45) is 5.92 Å². The number of nitrogens with one attached hydrogen (secondary N) is 1. The van der Waals surface area contributed by atoms with Crippen molar-refractivity contribution < 1.29 is 0 Å². The average Bonchev–Trinajstić information content (AvgIpc) is 3.02. The summed E-state index contributed by atoms with van der Waals surface area (Å²) in [6.07, 6.45) is 5.43. The second kappa shape index (κ2) is 4.76. The Morgan fingerprint density at radius 2 is 2.17 bits per heavy atom. The molecule has 1 atom stereocenters. The Balaban J connectivity index is 1.83. The Bertz CT molecular complexity index is 543. The van der Waals surface area contributed by atoms with Gasteiger partial charge in [0.15, 0.2) is 0 Å². The third-order valence-electron chi connectivity index (χ3n) is 4.03. The molecule has 0 radical (unpaired) electrons. The molecule has 0 aliphatic heterocycles. The lowest BCUT2D eigenvalue weighted by atomic mass is 9.99. The van der Waals surface area contributed by atoms with E-state index in [4.69, 9.17) is 5.73 Å². The Morgan fingerprint density at radius 1 is 1.39 bits per heavy atom. The van der Waals surface area contributed by atoms with Crippen molar-refractivity contribution in [3.05, 3.63) is 17.6 Å². The van der Waals surface area contributed by atoms with E-state index >= 15 is 0 Å². The van der Waals surface area contributed by atoms with Crippen molar-refractivity contribution >= 4 is 32.9 Å². The molecule has 1 saturated carbocycles. The molecule has 18 heavy (non-hydrogen) atoms. The van der Waals surface area contributed by atoms with Crippen LogP contribution in [0.2, 0.25) is 0 Å². The number of benzene rings is 1. The Morgan fingerprint density at radius 3 is 2.94 bits per heavy atom. The van der Waals surface area contributed by atoms with Crippen LogP contribution in [0, 0.1) is 5.92 Å². The van der Waals surface area contributed by atoms with Crippen LogP contribution in [0.5, 0.6) is 0 Å². The zero-order valence-electron chi connectivity index (χ0n) is 10.6. The number of aromatic nitrogens is 1. The van der Waals surface area contributed by atoms with E-state index in [-0.39, 0.29) is 0 Å². The molecule has 3 rings (SSSR count). The predicted molar refractivity (Wildman–Crippen MR) is 79.1 cm³/mol. The summed E-state index contributed by atoms with van der Waals surface area (Å²) in [5.74, 6) is 0.788. The molecule has 2 aromatic rings. The normalized spacial score (nSPS) is 18.3. The largest absolute Gasteiger partial charge is 0.395 e. The average molecular weight is 261 g/mol. The number of nitrogens with zero attached hydrogens (tertiary/aromatic N) is 1. The summed E-state index contributed by atoms with van der Waals surface area (Å²) >= 11 is 1.64. The van der Waals surface area contributed by atoms with Gasteiger partial charge in [0.2, 0.25) is 0 Å². The van der Waals surface area contributed by atoms with Gasteiger partial charge in [0, 0.05) is 6.04 Å². The van der Waals surface area contributed by atoms with Gasteiger partial charge in [-0.2, -0.15) is 0 Å². The van der Waals surface area contributed by atoms with Crippen LogP contribution in [0.4, 0.5) is 11.4 Å². The van der Waals surface area contributed by atoms with Crippen molar-refractivity contribution in [3.63, 3.8) is 0 Å². The summed E-state index contributed by atoms with van der Waals surface area (Å²) in [6, 6.07) is 4.68. The number of nitrogen functional groups attached to an aromatic ring is 1. The molecule has 96 valence electrons. The van der Waals surface area contributed by atoms with Crippen LogP contribution < -0.4 is 11.1 Å². The molecular formula is C14H19N3S. The van der Waals surface area contributed by atoms with Crippen LogP contribution >= 0.6 is 11.3 Å². The first kappa shape index (κ1) is 11.8. The summed E-state index contributed by atoms with van der Waals surface area (Å²) in [6.45, 7) is 2.26. The SMILES string of the molecule is CC(Nc1ccc2scnc2c1N)C1CCCC1. The van der Waals surface area contributed by atoms with Gasteiger partial charge in [-0.3, -0.25) is 0 Å². The van der Waals surface area contributed by atoms with E-state index in [2.05, 4.69) is 29.4 Å². The van der Waals surface area contributed by atoms with E-state index in [9.17, 15) is 0 Å². The minimum atomic E-state index is 0.492. The molecule has 1 aliphatic carbocycles. The van der Waals surface area contributed by atoms with E-state index in [1.165, 1.54) is 25.7 Å². The number of anilines is 2. The highest BCUT2D eigenvalue weighted by molar-refractivity contribution is 7.16. The van der Waals surface area contributed by atoms with Gasteiger partial charge in [0.05, 0.1) is 21.6 Å². The fourth-order valence-corrected chi connectivity index (χ4v) is 3.59. The summed E-state index contributed by atoms with van der Waals surface area (Å²) in [7, 11) is 0. The van der Waals surface area contributed by atoms with E-state index < -0.39 is 0 Å². The maximum absolute atomic E-state index is 6.19. The zero-order chi connectivity index (χ0) is 12.5. The zero-order valence-corrected chi connectivity index (χ0v) is 11.5. The molecule has 4 heteroatoms. The first-order valence-electron chi connectivity index (χ1n) is 6.64. The van der Waals surface area contributed by atoms with Gasteiger partial charge in [-0.05, 0) is 37.8 Å². The standard InChI is InChI=1S/C14H19N3S/c1-9(10-4-2-3-5-10)17-11-6-7-12-14(13(11)15)16-8-18-12/h6-10,17H,2-5,15H2,1H3. The lowest BCUT2D eigenvalue weighted by Crippen LogP contribution is -2.24. The van der Waals surface area contributed by atoms with E-state index in [1.54, 1.807) is 11.3 Å². The van der Waals surface area contributed by atoms with Gasteiger partial charge in [-0.1, -0.05) is 12.8 Å². The summed E-state index contributed by atoms with van der Waals surface area (Å²) in [4.78, 5) is 4.34. The smallest absolute Gasteiger partial charge is 0.106 e. The fraction of sp³-hybridized carbons (Fsp3) is 0.500. The molecule has 1 aliphatic rings. The Hall–Kier alpha value is -1.29. The third kappa shape index (κ3) is 2.05. The minimum Gasteiger partial charge on any atom is -0.395 e. The topological polar surface area (TPSA) is 50.9 Å². The van der Waals surface area contributed by atoms with Crippen LogP contribution in [0.1, 0.15) is 32.6 Å². The number of thiazole rings is 1. The van der Waals surface area contributed by atoms with Gasteiger partial charge < -0.3 is 11.1 Å². The maximum Gasteiger partial charge on any atom is 0.106 e. The second-order valence-electron chi connectivity index (χ2n) is 5.20. The molecule has 1 heterocycles. The lowest BCUT2D eigenvalue weighted by Gasteiger charge is -2.22. The molecule has 3 nitrogen and oxygen atoms in total. The summed E-state index contributed by atoms with van der Waals surface area (Å²) in [5.41, 5.74) is 10.8. The number of rotatable bonds is 3. The highest BCUT2D eigenvalue weighted by Crippen LogP contribution is 2.33. The number of fused-ring (bicyclic) bond motifs is 1. The molecule has 1 fully saturated rings. The second-order valence-corrected chi connectivity index (χ2v) is 6.09. The maximum atomic E-state index is 6.19. The van der Waals surface area contributed by atoms with Gasteiger partial charge in [0.1, 0.15) is 5.52 Å². The number of hydrogen-bond acceptors (Lipinski definition) is 4. The molecule has 0 saturated heterocycles. The highest BCUT2D eigenvalue weighted by Gasteiger charge is 2.22. The molecule has 0 bridgehead atoms. The third-order valence-corrected chi connectivity index (χ3v) is 4.83. The molecule has 3 N–H and O–H groups in total. The molecule has 1 unspecified atom stereocenters. The summed E-state index contributed by atoms with van der Waals surface area (Å²) < 4.78 is 1.16. The van der Waals surface area contributed by atoms with Crippen molar-refractivity contribution in [1.29, 1.82) is 0 Å². The molecular weight excluding hydrogens is 242 g/mol. The van der Waals surface area contributed by atoms with Gasteiger partial charge in [-0.25, -0.2) is 4.98 Å². The van der Waals surface area contributed by atoms with Crippen LogP contribution in [-0.2, 0) is 0 Å². The minimum absolute atomic E-state index is 0.492. The lowest BCUT2D eigenvalue weighted by molar-refractivity contribution is 0.482. The highest BCUT2D eigenvalue weighted by atomic mass is 32.1. The summed E-state index contributed by atoms with van der Waals surface area (Å²) in [5, 5.41) is 3.57. The quantitative estimate of drug-likeness (QED) is 0.825. The van der Waals surface area contributed by atoms with E-state index in [1.807, 2.05) is 5.51 Å². The van der Waals surface area contributed by atoms with E-state index in [0.29, 0.717) is 6.04 Å². The van der Waals surface area contributed by atoms with Gasteiger partial charge >= 0.3 is 0 Å². The van der Waals surface area contributed by atoms with Crippen LogP contribution in [0.15, 0.2) is 17.6 Å². The van der Waals surface area contributed by atoms with Crippen LogP contribution in [0.3, 0.4) is 0 Å². The predicted octanol–water partition coefficient (Wildman–Crippen LogP) is 3.87. The van der Waals surface area contributed by atoms with Crippen LogP contribution in [0.25, 0.3) is 10.2 Å². The first-order chi connectivity index (χ1) is 8.75. The first-order valence-corrected chi connectivity index (χ1v) is 7.52. The van der Waals surface area contributed by atoms with Gasteiger partial charge in [-0.15, -0.1) is 11.3 Å². The van der Waals surface area contributed by atoms with Crippen molar-refractivity contribution in [3.8, 4) is 0 Å². The monoisotopic (exact) mass is 261 g/mol. The fourth-order valence-electron chi connectivity index (χ4n) is 2.90. The molecule has 0 amide bonds. The van der Waals surface area contributed by atoms with Crippen molar-refractivity contribution in [2.75, 3.05) is 11.1 Å². The number of nitrogens with two attached hydrogens (primary N) is 1. The Kier molecular flexibility index (Phi) is 3.12. The van der Waals surface area contributed by atoms with Gasteiger partial charge in [0.25, 0.3) is 0 Å². The molecule has 1 aromatic heterocycles. The van der Waals surface area contributed by atoms with Crippen molar-refractivity contribution in [1.82, 2.24) is 4.98 Å². The molecule has 1 aromatic carbocycles.